The van der Waals surface area contributed by atoms with E-state index >= 15 is 0 Å². The highest BCUT2D eigenvalue weighted by atomic mass is 32.2. The molecule has 1 aromatic heterocycles. The second-order valence-corrected chi connectivity index (χ2v) is 8.85. The van der Waals surface area contributed by atoms with Gasteiger partial charge in [-0.05, 0) is 60.6 Å². The van der Waals surface area contributed by atoms with Gasteiger partial charge in [-0.25, -0.2) is 18.1 Å². The van der Waals surface area contributed by atoms with Crippen LogP contribution in [0.3, 0.4) is 0 Å². The van der Waals surface area contributed by atoms with Gasteiger partial charge in [0.15, 0.2) is 0 Å². The minimum absolute atomic E-state index is 0.232. The van der Waals surface area contributed by atoms with E-state index in [1.807, 2.05) is 24.3 Å². The average Bonchev–Trinajstić information content (AvgIpc) is 2.73. The van der Waals surface area contributed by atoms with Crippen molar-refractivity contribution in [3.8, 4) is 0 Å². The van der Waals surface area contributed by atoms with E-state index in [1.165, 1.54) is 17.5 Å². The van der Waals surface area contributed by atoms with Crippen LogP contribution in [0.1, 0.15) is 29.5 Å². The van der Waals surface area contributed by atoms with Crippen molar-refractivity contribution < 1.29 is 13.2 Å². The van der Waals surface area contributed by atoms with Crippen LogP contribution < -0.4 is 9.62 Å². The standard InChI is InChI=1S/C20H25N3O3S/c24-27(25,19-7-6-17-3-1-2-4-18(17)13-19)22-15-16-5-8-20(21-14-16)23-9-11-26-12-10-23/h5-8,13-14,22H,1-4,9-12,15H2. The number of aromatic nitrogens is 1. The molecule has 144 valence electrons. The molecule has 0 amide bonds. The number of nitrogens with zero attached hydrogens (tertiary/aromatic N) is 2. The zero-order valence-corrected chi connectivity index (χ0v) is 16.2. The number of pyridine rings is 1. The Balaban J connectivity index is 1.41. The van der Waals surface area contributed by atoms with E-state index < -0.39 is 10.0 Å². The number of hydrogen-bond donors (Lipinski definition) is 1. The molecule has 0 saturated carbocycles. The summed E-state index contributed by atoms with van der Waals surface area (Å²) >= 11 is 0. The fourth-order valence-corrected chi connectivity index (χ4v) is 4.71. The first kappa shape index (κ1) is 18.4. The second kappa shape index (κ2) is 7.96. The van der Waals surface area contributed by atoms with E-state index in [9.17, 15) is 8.42 Å². The van der Waals surface area contributed by atoms with Gasteiger partial charge in [0.25, 0.3) is 0 Å². The van der Waals surface area contributed by atoms with Crippen LogP contribution in [-0.4, -0.2) is 39.7 Å². The van der Waals surface area contributed by atoms with Crippen molar-refractivity contribution in [1.29, 1.82) is 0 Å². The highest BCUT2D eigenvalue weighted by Gasteiger charge is 2.18. The van der Waals surface area contributed by atoms with Crippen molar-refractivity contribution in [3.05, 3.63) is 53.2 Å². The second-order valence-electron chi connectivity index (χ2n) is 7.09. The van der Waals surface area contributed by atoms with Crippen LogP contribution in [0.4, 0.5) is 5.82 Å². The van der Waals surface area contributed by atoms with E-state index in [0.717, 1.165) is 43.7 Å². The molecule has 0 spiro atoms. The molecular formula is C20H25N3O3S. The van der Waals surface area contributed by atoms with Gasteiger partial charge in [0.1, 0.15) is 5.82 Å². The molecule has 27 heavy (non-hydrogen) atoms. The summed E-state index contributed by atoms with van der Waals surface area (Å²) in [5.74, 6) is 0.902. The molecule has 2 aromatic rings. The van der Waals surface area contributed by atoms with Crippen LogP contribution in [0.25, 0.3) is 0 Å². The lowest BCUT2D eigenvalue weighted by molar-refractivity contribution is 0.122. The number of anilines is 1. The Morgan fingerprint density at radius 3 is 2.56 bits per heavy atom. The molecule has 1 aliphatic heterocycles. The Bertz CT molecular complexity index is 891. The highest BCUT2D eigenvalue weighted by Crippen LogP contribution is 2.24. The van der Waals surface area contributed by atoms with Gasteiger partial charge in [-0.2, -0.15) is 0 Å². The predicted octanol–water partition coefficient (Wildman–Crippen LogP) is 2.28. The van der Waals surface area contributed by atoms with Gasteiger partial charge in [0.05, 0.1) is 18.1 Å². The van der Waals surface area contributed by atoms with Crippen LogP contribution in [0.15, 0.2) is 41.4 Å². The number of aryl methyl sites for hydroxylation is 2. The lowest BCUT2D eigenvalue weighted by Gasteiger charge is -2.27. The fraction of sp³-hybridized carbons (Fsp3) is 0.450. The number of sulfonamides is 1. The minimum Gasteiger partial charge on any atom is -0.378 e. The number of hydrogen-bond acceptors (Lipinski definition) is 5. The highest BCUT2D eigenvalue weighted by molar-refractivity contribution is 7.89. The molecule has 6 nitrogen and oxygen atoms in total. The van der Waals surface area contributed by atoms with E-state index in [2.05, 4.69) is 14.6 Å². The zero-order valence-electron chi connectivity index (χ0n) is 15.4. The Morgan fingerprint density at radius 1 is 1.04 bits per heavy atom. The lowest BCUT2D eigenvalue weighted by Crippen LogP contribution is -2.36. The third-order valence-electron chi connectivity index (χ3n) is 5.24. The van der Waals surface area contributed by atoms with E-state index in [1.54, 1.807) is 12.3 Å². The largest absolute Gasteiger partial charge is 0.378 e. The van der Waals surface area contributed by atoms with Crippen LogP contribution in [0.2, 0.25) is 0 Å². The van der Waals surface area contributed by atoms with Crippen molar-refractivity contribution in [2.45, 2.75) is 37.1 Å². The summed E-state index contributed by atoms with van der Waals surface area (Å²) in [7, 11) is -3.53. The molecule has 0 unspecified atom stereocenters. The van der Waals surface area contributed by atoms with Gasteiger partial charge in [0.2, 0.25) is 10.0 Å². The van der Waals surface area contributed by atoms with Gasteiger partial charge in [0, 0.05) is 25.8 Å². The first-order valence-corrected chi connectivity index (χ1v) is 11.0. The topological polar surface area (TPSA) is 71.5 Å². The number of ether oxygens (including phenoxy) is 1. The third-order valence-corrected chi connectivity index (χ3v) is 6.64. The molecule has 0 atom stereocenters. The van der Waals surface area contributed by atoms with E-state index in [4.69, 9.17) is 4.74 Å². The molecule has 0 bridgehead atoms. The van der Waals surface area contributed by atoms with Crippen LogP contribution in [0, 0.1) is 0 Å². The number of rotatable bonds is 5. The van der Waals surface area contributed by atoms with Gasteiger partial charge in [-0.1, -0.05) is 12.1 Å². The summed E-state index contributed by atoms with van der Waals surface area (Å²) in [6.45, 7) is 3.32. The monoisotopic (exact) mass is 387 g/mol. The third kappa shape index (κ3) is 4.31. The Hall–Kier alpha value is -1.96. The maximum absolute atomic E-state index is 12.7. The van der Waals surface area contributed by atoms with E-state index in [0.29, 0.717) is 18.1 Å². The SMILES string of the molecule is O=S(=O)(NCc1ccc(N2CCOCC2)nc1)c1ccc2c(c1)CCCC2. The summed E-state index contributed by atoms with van der Waals surface area (Å²) in [5.41, 5.74) is 3.29. The fourth-order valence-electron chi connectivity index (χ4n) is 3.64. The molecule has 1 fully saturated rings. The van der Waals surface area contributed by atoms with Crippen molar-refractivity contribution in [1.82, 2.24) is 9.71 Å². The van der Waals surface area contributed by atoms with Gasteiger partial charge in [-0.15, -0.1) is 0 Å². The quantitative estimate of drug-likeness (QED) is 0.852. The van der Waals surface area contributed by atoms with Crippen molar-refractivity contribution in [2.75, 3.05) is 31.2 Å². The lowest BCUT2D eigenvalue weighted by atomic mass is 9.92. The van der Waals surface area contributed by atoms with Crippen LogP contribution >= 0.6 is 0 Å². The summed E-state index contributed by atoms with van der Waals surface area (Å²) in [6, 6.07) is 9.37. The van der Waals surface area contributed by atoms with Crippen molar-refractivity contribution in [2.24, 2.45) is 0 Å². The summed E-state index contributed by atoms with van der Waals surface area (Å²) in [6.07, 6.45) is 6.06. The maximum Gasteiger partial charge on any atom is 0.240 e. The molecule has 4 rings (SSSR count). The van der Waals surface area contributed by atoms with Gasteiger partial charge in [-0.3, -0.25) is 0 Å². The molecule has 2 aliphatic rings. The maximum atomic E-state index is 12.7. The molecule has 1 aliphatic carbocycles. The number of morpholine rings is 1. The first-order chi connectivity index (χ1) is 13.1. The van der Waals surface area contributed by atoms with Crippen molar-refractivity contribution in [3.63, 3.8) is 0 Å². The average molecular weight is 388 g/mol. The Labute approximate surface area is 160 Å². The normalized spacial score (nSPS) is 17.6. The molecular weight excluding hydrogens is 362 g/mol. The number of nitrogens with one attached hydrogen (secondary N) is 1. The summed E-state index contributed by atoms with van der Waals surface area (Å²) in [5, 5.41) is 0. The van der Waals surface area contributed by atoms with E-state index in [-0.39, 0.29) is 6.54 Å². The summed E-state index contributed by atoms with van der Waals surface area (Å²) < 4.78 is 33.4. The van der Waals surface area contributed by atoms with Crippen LogP contribution in [0.5, 0.6) is 0 Å². The molecule has 1 aromatic carbocycles. The predicted molar refractivity (Wildman–Crippen MR) is 104 cm³/mol. The molecule has 1 saturated heterocycles. The first-order valence-electron chi connectivity index (χ1n) is 9.51. The molecule has 1 N–H and O–H groups in total. The molecule has 2 heterocycles. The smallest absolute Gasteiger partial charge is 0.240 e. The number of benzene rings is 1. The van der Waals surface area contributed by atoms with Gasteiger partial charge >= 0.3 is 0 Å². The summed E-state index contributed by atoms with van der Waals surface area (Å²) in [4.78, 5) is 6.99. The minimum atomic E-state index is -3.53. The zero-order chi connectivity index (χ0) is 18.7. The van der Waals surface area contributed by atoms with Crippen LogP contribution in [-0.2, 0) is 34.1 Å². The molecule has 0 radical (unpaired) electrons. The molecule has 7 heteroatoms. The van der Waals surface area contributed by atoms with Gasteiger partial charge < -0.3 is 9.64 Å². The Morgan fingerprint density at radius 2 is 1.81 bits per heavy atom. The Kier molecular flexibility index (Phi) is 5.43. The van der Waals surface area contributed by atoms with Crippen molar-refractivity contribution >= 4 is 15.8 Å². The number of fused-ring (bicyclic) bond motifs is 1.